The van der Waals surface area contributed by atoms with Crippen molar-refractivity contribution in [3.8, 4) is 0 Å². The van der Waals surface area contributed by atoms with Gasteiger partial charge in [0.1, 0.15) is 11.8 Å². The molecule has 1 spiro atoms. The molecule has 37 heavy (non-hydrogen) atoms. The number of pyridine rings is 1. The standard InChI is InChI=1S/C28H30N4O4S/c1-20-4-6-22(7-5-20)27(35)32-24(26(34)30-18-21-8-12-29-13-9-21)19-36-28(32)10-14-31(15-11-28)25(33)17-23-3-2-16-37-23/h2-9,12-13,16,24H,10-11,14-15,17-19H2,1H3,(H,30,34)/t24-/m1/s1. The molecule has 192 valence electrons. The van der Waals surface area contributed by atoms with Crippen LogP contribution in [-0.2, 0) is 27.3 Å². The molecule has 1 atom stereocenters. The van der Waals surface area contributed by atoms with Crippen LogP contribution in [0.1, 0.15) is 39.2 Å². The van der Waals surface area contributed by atoms with Crippen LogP contribution in [0.15, 0.2) is 66.3 Å². The number of thiophene rings is 1. The number of hydrogen-bond acceptors (Lipinski definition) is 6. The van der Waals surface area contributed by atoms with E-state index >= 15 is 0 Å². The van der Waals surface area contributed by atoms with Crippen LogP contribution in [0.3, 0.4) is 0 Å². The van der Waals surface area contributed by atoms with E-state index in [9.17, 15) is 14.4 Å². The number of nitrogens with zero attached hydrogens (tertiary/aromatic N) is 3. The molecular formula is C28H30N4O4S. The lowest BCUT2D eigenvalue weighted by Gasteiger charge is -2.44. The van der Waals surface area contributed by atoms with Crippen LogP contribution in [0.2, 0.25) is 0 Å². The van der Waals surface area contributed by atoms with Gasteiger partial charge < -0.3 is 15.0 Å². The molecule has 0 radical (unpaired) electrons. The fraction of sp³-hybridized carbons (Fsp3) is 0.357. The Morgan fingerprint density at radius 2 is 1.81 bits per heavy atom. The molecule has 4 heterocycles. The van der Waals surface area contributed by atoms with Gasteiger partial charge in [0.25, 0.3) is 5.91 Å². The van der Waals surface area contributed by atoms with Gasteiger partial charge in [0.05, 0.1) is 13.0 Å². The lowest BCUT2D eigenvalue weighted by Crippen LogP contribution is -2.59. The minimum atomic E-state index is -0.930. The van der Waals surface area contributed by atoms with E-state index in [0.29, 0.717) is 44.5 Å². The lowest BCUT2D eigenvalue weighted by atomic mass is 9.96. The highest BCUT2D eigenvalue weighted by atomic mass is 32.1. The molecule has 2 aliphatic rings. The molecule has 3 aromatic rings. The molecule has 0 saturated carbocycles. The average Bonchev–Trinajstić information content (AvgIpc) is 3.56. The zero-order chi connectivity index (χ0) is 25.8. The maximum absolute atomic E-state index is 13.8. The molecule has 2 aliphatic heterocycles. The highest BCUT2D eigenvalue weighted by molar-refractivity contribution is 7.10. The van der Waals surface area contributed by atoms with E-state index in [0.717, 1.165) is 16.0 Å². The van der Waals surface area contributed by atoms with Crippen LogP contribution in [0.5, 0.6) is 0 Å². The largest absolute Gasteiger partial charge is 0.353 e. The third-order valence-electron chi connectivity index (χ3n) is 7.10. The van der Waals surface area contributed by atoms with Crippen LogP contribution in [0.25, 0.3) is 0 Å². The van der Waals surface area contributed by atoms with Crippen molar-refractivity contribution in [2.75, 3.05) is 19.7 Å². The Hall–Kier alpha value is -3.56. The maximum Gasteiger partial charge on any atom is 0.256 e. The molecule has 2 saturated heterocycles. The molecule has 1 aromatic carbocycles. The summed E-state index contributed by atoms with van der Waals surface area (Å²) in [6.45, 7) is 3.35. The normalized spacial score (nSPS) is 18.7. The molecule has 0 unspecified atom stereocenters. The number of aryl methyl sites for hydroxylation is 1. The minimum absolute atomic E-state index is 0.0679. The predicted molar refractivity (Wildman–Crippen MR) is 140 cm³/mol. The Bertz CT molecular complexity index is 1240. The topological polar surface area (TPSA) is 91.8 Å². The van der Waals surface area contributed by atoms with Gasteiger partial charge in [0.15, 0.2) is 0 Å². The highest BCUT2D eigenvalue weighted by Crippen LogP contribution is 2.38. The first-order valence-electron chi connectivity index (χ1n) is 12.5. The van der Waals surface area contributed by atoms with Gasteiger partial charge in [0, 0.05) is 55.3 Å². The second kappa shape index (κ2) is 10.8. The van der Waals surface area contributed by atoms with Gasteiger partial charge in [-0.3, -0.25) is 24.3 Å². The Labute approximate surface area is 220 Å². The molecule has 2 fully saturated rings. The summed E-state index contributed by atoms with van der Waals surface area (Å²) in [5.74, 6) is -0.427. The summed E-state index contributed by atoms with van der Waals surface area (Å²) in [4.78, 5) is 48.5. The second-order valence-corrected chi connectivity index (χ2v) is 10.6. The predicted octanol–water partition coefficient (Wildman–Crippen LogP) is 3.17. The molecule has 1 N–H and O–H groups in total. The smallest absolute Gasteiger partial charge is 0.256 e. The van der Waals surface area contributed by atoms with E-state index in [-0.39, 0.29) is 24.3 Å². The summed E-state index contributed by atoms with van der Waals surface area (Å²) < 4.78 is 6.28. The van der Waals surface area contributed by atoms with E-state index in [4.69, 9.17) is 4.74 Å². The number of ether oxygens (including phenoxy) is 1. The van der Waals surface area contributed by atoms with Crippen molar-refractivity contribution in [3.05, 3.63) is 87.9 Å². The lowest BCUT2D eigenvalue weighted by molar-refractivity contribution is -0.143. The minimum Gasteiger partial charge on any atom is -0.353 e. The summed E-state index contributed by atoms with van der Waals surface area (Å²) in [5, 5.41) is 4.92. The van der Waals surface area contributed by atoms with Gasteiger partial charge >= 0.3 is 0 Å². The van der Waals surface area contributed by atoms with E-state index in [1.165, 1.54) is 0 Å². The first kappa shape index (κ1) is 25.1. The third-order valence-corrected chi connectivity index (χ3v) is 7.98. The number of benzene rings is 1. The van der Waals surface area contributed by atoms with Crippen molar-refractivity contribution in [2.24, 2.45) is 0 Å². The van der Waals surface area contributed by atoms with Crippen molar-refractivity contribution in [1.82, 2.24) is 20.1 Å². The Morgan fingerprint density at radius 3 is 2.49 bits per heavy atom. The zero-order valence-corrected chi connectivity index (χ0v) is 21.6. The number of aromatic nitrogens is 1. The van der Waals surface area contributed by atoms with Gasteiger partial charge in [-0.2, -0.15) is 0 Å². The number of hydrogen-bond donors (Lipinski definition) is 1. The van der Waals surface area contributed by atoms with Crippen molar-refractivity contribution < 1.29 is 19.1 Å². The zero-order valence-electron chi connectivity index (χ0n) is 20.8. The Kier molecular flexibility index (Phi) is 7.34. The molecule has 8 nitrogen and oxygen atoms in total. The fourth-order valence-electron chi connectivity index (χ4n) is 4.99. The van der Waals surface area contributed by atoms with E-state index < -0.39 is 11.8 Å². The number of likely N-dealkylation sites (tertiary alicyclic amines) is 1. The quantitative estimate of drug-likeness (QED) is 0.541. The van der Waals surface area contributed by atoms with Crippen LogP contribution in [0, 0.1) is 6.92 Å². The molecule has 2 aromatic heterocycles. The molecule has 0 aliphatic carbocycles. The van der Waals surface area contributed by atoms with Crippen LogP contribution >= 0.6 is 11.3 Å². The number of rotatable bonds is 6. The highest BCUT2D eigenvalue weighted by Gasteiger charge is 2.54. The molecule has 0 bridgehead atoms. The summed E-state index contributed by atoms with van der Waals surface area (Å²) in [7, 11) is 0. The third kappa shape index (κ3) is 5.42. The van der Waals surface area contributed by atoms with Crippen molar-refractivity contribution in [1.29, 1.82) is 0 Å². The van der Waals surface area contributed by atoms with Crippen LogP contribution in [-0.4, -0.2) is 64.0 Å². The summed E-state index contributed by atoms with van der Waals surface area (Å²) in [6.07, 6.45) is 4.63. The summed E-state index contributed by atoms with van der Waals surface area (Å²) >= 11 is 1.57. The van der Waals surface area contributed by atoms with Crippen molar-refractivity contribution >= 4 is 29.1 Å². The van der Waals surface area contributed by atoms with Crippen LogP contribution in [0.4, 0.5) is 0 Å². The Morgan fingerprint density at radius 1 is 1.08 bits per heavy atom. The maximum atomic E-state index is 13.8. The van der Waals surface area contributed by atoms with Crippen molar-refractivity contribution in [3.63, 3.8) is 0 Å². The van der Waals surface area contributed by atoms with Gasteiger partial charge in [-0.1, -0.05) is 23.8 Å². The second-order valence-electron chi connectivity index (χ2n) is 9.52. The van der Waals surface area contributed by atoms with E-state index in [2.05, 4.69) is 10.3 Å². The number of carbonyl (C=O) groups is 3. The van der Waals surface area contributed by atoms with E-state index in [1.54, 1.807) is 40.8 Å². The number of nitrogens with one attached hydrogen (secondary N) is 1. The van der Waals surface area contributed by atoms with Gasteiger partial charge in [0.2, 0.25) is 11.8 Å². The fourth-order valence-corrected chi connectivity index (χ4v) is 5.69. The summed E-state index contributed by atoms with van der Waals surface area (Å²) in [5.41, 5.74) is 1.55. The molecule has 3 amide bonds. The van der Waals surface area contributed by atoms with E-state index in [1.807, 2.05) is 53.6 Å². The first-order valence-corrected chi connectivity index (χ1v) is 13.3. The SMILES string of the molecule is Cc1ccc(C(=O)N2[C@@H](C(=O)NCc3ccncc3)COC23CCN(C(=O)Cc2cccs2)CC3)cc1. The molecule has 5 rings (SSSR count). The first-order chi connectivity index (χ1) is 17.9. The monoisotopic (exact) mass is 518 g/mol. The Balaban J connectivity index is 1.33. The molecule has 9 heteroatoms. The van der Waals surface area contributed by atoms with Gasteiger partial charge in [-0.25, -0.2) is 0 Å². The average molecular weight is 519 g/mol. The van der Waals surface area contributed by atoms with Crippen molar-refractivity contribution in [2.45, 2.75) is 44.5 Å². The molecular weight excluding hydrogens is 488 g/mol. The number of amides is 3. The summed E-state index contributed by atoms with van der Waals surface area (Å²) in [6, 6.07) is 14.2. The number of carbonyl (C=O) groups excluding carboxylic acids is 3. The number of piperidine rings is 1. The van der Waals surface area contributed by atoms with Gasteiger partial charge in [-0.05, 0) is 48.2 Å². The van der Waals surface area contributed by atoms with Gasteiger partial charge in [-0.15, -0.1) is 11.3 Å². The van der Waals surface area contributed by atoms with Crippen LogP contribution < -0.4 is 5.32 Å².